The molecule has 0 spiro atoms. The van der Waals surface area contributed by atoms with E-state index in [-0.39, 0.29) is 17.9 Å². The number of nitrogens with zero attached hydrogens (tertiary/aromatic N) is 2. The van der Waals surface area contributed by atoms with Gasteiger partial charge in [-0.1, -0.05) is 18.2 Å². The van der Waals surface area contributed by atoms with Gasteiger partial charge in [-0.05, 0) is 55.5 Å². The van der Waals surface area contributed by atoms with Crippen molar-refractivity contribution in [2.45, 2.75) is 19.0 Å². The lowest BCUT2D eigenvalue weighted by Crippen LogP contribution is -2.30. The number of rotatable bonds is 3. The van der Waals surface area contributed by atoms with Gasteiger partial charge in [0.2, 0.25) is 0 Å². The molecule has 0 radical (unpaired) electrons. The number of anilines is 1. The lowest BCUT2D eigenvalue weighted by molar-refractivity contribution is 0.549. The third kappa shape index (κ3) is 2.78. The van der Waals surface area contributed by atoms with Crippen LogP contribution < -0.4 is 10.2 Å². The molecule has 3 heterocycles. The highest BCUT2D eigenvalue weighted by Gasteiger charge is 2.42. The number of thiocarbonyl (C=S) groups is 1. The van der Waals surface area contributed by atoms with Crippen LogP contribution in [0.1, 0.15) is 29.2 Å². The Balaban J connectivity index is 1.85. The fraction of sp³-hybridized carbons (Fsp3) is 0.158. The lowest BCUT2D eigenvalue weighted by Gasteiger charge is -2.27. The van der Waals surface area contributed by atoms with E-state index in [0.717, 1.165) is 17.1 Å². The van der Waals surface area contributed by atoms with E-state index in [4.69, 9.17) is 12.2 Å². The Morgan fingerprint density at radius 1 is 1.08 bits per heavy atom. The summed E-state index contributed by atoms with van der Waals surface area (Å²) in [5.74, 6) is -0.304. The molecule has 25 heavy (non-hydrogen) atoms. The van der Waals surface area contributed by atoms with Crippen molar-refractivity contribution in [3.63, 3.8) is 0 Å². The molecule has 4 rings (SSSR count). The van der Waals surface area contributed by atoms with Crippen molar-refractivity contribution in [2.24, 2.45) is 0 Å². The van der Waals surface area contributed by atoms with Crippen molar-refractivity contribution in [1.82, 2.24) is 15.3 Å². The summed E-state index contributed by atoms with van der Waals surface area (Å²) in [5, 5.41) is 3.80. The predicted molar refractivity (Wildman–Crippen MR) is 99.9 cm³/mol. The third-order valence-corrected chi connectivity index (χ3v) is 4.70. The number of hydrogen-bond acceptors (Lipinski definition) is 2. The molecular formula is C19H17FN4S. The van der Waals surface area contributed by atoms with Gasteiger partial charge in [0.15, 0.2) is 5.11 Å². The lowest BCUT2D eigenvalue weighted by atomic mass is 10.0. The summed E-state index contributed by atoms with van der Waals surface area (Å²) in [6.45, 7) is 1.99. The highest BCUT2D eigenvalue weighted by Crippen LogP contribution is 2.41. The maximum absolute atomic E-state index is 14.5. The van der Waals surface area contributed by atoms with Crippen LogP contribution in [-0.2, 0) is 0 Å². The number of halogens is 1. The highest BCUT2D eigenvalue weighted by molar-refractivity contribution is 7.80. The smallest absolute Gasteiger partial charge is 0.174 e. The van der Waals surface area contributed by atoms with Crippen LogP contribution in [0.15, 0.2) is 60.8 Å². The molecule has 1 aromatic carbocycles. The zero-order chi connectivity index (χ0) is 17.4. The number of aromatic nitrogens is 2. The standard InChI is InChI=1S/C19H17FN4S/c1-12-9-10-15(22-12)18-17(14-7-4-5-11-21-14)23-19(25)24(18)16-8-3-2-6-13(16)20/h2-11,17-18,22H,1H3,(H,23,25)/t17-,18-/m1/s1. The zero-order valence-electron chi connectivity index (χ0n) is 13.6. The predicted octanol–water partition coefficient (Wildman–Crippen LogP) is 4.03. The molecule has 4 nitrogen and oxygen atoms in total. The van der Waals surface area contributed by atoms with Crippen LogP contribution in [0, 0.1) is 12.7 Å². The molecule has 0 bridgehead atoms. The third-order valence-electron chi connectivity index (χ3n) is 4.38. The molecule has 6 heteroatoms. The molecule has 1 saturated heterocycles. The van der Waals surface area contributed by atoms with Gasteiger partial charge in [0.1, 0.15) is 11.9 Å². The van der Waals surface area contributed by atoms with Crippen molar-refractivity contribution < 1.29 is 4.39 Å². The minimum absolute atomic E-state index is 0.175. The number of H-pyrrole nitrogens is 1. The van der Waals surface area contributed by atoms with Crippen LogP contribution in [0.4, 0.5) is 10.1 Å². The number of para-hydroxylation sites is 1. The molecule has 2 N–H and O–H groups in total. The Hall–Kier alpha value is -2.73. The van der Waals surface area contributed by atoms with Crippen LogP contribution in [0.3, 0.4) is 0 Å². The molecule has 1 aliphatic rings. The van der Waals surface area contributed by atoms with E-state index < -0.39 is 0 Å². The van der Waals surface area contributed by atoms with Crippen molar-refractivity contribution in [1.29, 1.82) is 0 Å². The Labute approximate surface area is 150 Å². The Morgan fingerprint density at radius 3 is 2.56 bits per heavy atom. The van der Waals surface area contributed by atoms with Gasteiger partial charge in [-0.2, -0.15) is 0 Å². The Morgan fingerprint density at radius 2 is 1.88 bits per heavy atom. The second-order valence-corrected chi connectivity index (χ2v) is 6.43. The number of pyridine rings is 1. The van der Waals surface area contributed by atoms with Gasteiger partial charge < -0.3 is 15.2 Å². The maximum atomic E-state index is 14.5. The number of benzene rings is 1. The van der Waals surface area contributed by atoms with Crippen molar-refractivity contribution in [2.75, 3.05) is 4.90 Å². The summed E-state index contributed by atoms with van der Waals surface area (Å²) >= 11 is 5.55. The number of nitrogens with one attached hydrogen (secondary N) is 2. The first-order valence-electron chi connectivity index (χ1n) is 8.06. The Kier molecular flexibility index (Phi) is 3.97. The van der Waals surface area contributed by atoms with E-state index in [1.807, 2.05) is 48.2 Å². The number of aromatic amines is 1. The molecule has 126 valence electrons. The average Bonchev–Trinajstić information content (AvgIpc) is 3.19. The van der Waals surface area contributed by atoms with Gasteiger partial charge in [-0.15, -0.1) is 0 Å². The fourth-order valence-electron chi connectivity index (χ4n) is 3.28. The number of hydrogen-bond donors (Lipinski definition) is 2. The topological polar surface area (TPSA) is 44.0 Å². The minimum atomic E-state index is -0.304. The summed E-state index contributed by atoms with van der Waals surface area (Å²) in [7, 11) is 0. The molecule has 1 fully saturated rings. The summed E-state index contributed by atoms with van der Waals surface area (Å²) in [5.41, 5.74) is 3.32. The molecule has 1 aliphatic heterocycles. The quantitative estimate of drug-likeness (QED) is 0.699. The highest BCUT2D eigenvalue weighted by atomic mass is 32.1. The Bertz CT molecular complexity index is 909. The summed E-state index contributed by atoms with van der Waals surface area (Å²) in [6.07, 6.45) is 1.75. The molecule has 0 saturated carbocycles. The molecule has 0 amide bonds. The van der Waals surface area contributed by atoms with Crippen molar-refractivity contribution >= 4 is 23.0 Å². The largest absolute Gasteiger partial charge is 0.361 e. The maximum Gasteiger partial charge on any atom is 0.174 e. The monoisotopic (exact) mass is 352 g/mol. The van der Waals surface area contributed by atoms with Gasteiger partial charge in [0.25, 0.3) is 0 Å². The van der Waals surface area contributed by atoms with Crippen LogP contribution in [0.2, 0.25) is 0 Å². The van der Waals surface area contributed by atoms with Gasteiger partial charge in [-0.3, -0.25) is 4.98 Å². The van der Waals surface area contributed by atoms with Gasteiger partial charge in [-0.25, -0.2) is 4.39 Å². The SMILES string of the molecule is Cc1ccc([C@@H]2[C@@H](c3ccccn3)NC(=S)N2c2ccccc2F)[nH]1. The number of aryl methyl sites for hydroxylation is 1. The van der Waals surface area contributed by atoms with E-state index in [1.54, 1.807) is 18.3 Å². The minimum Gasteiger partial charge on any atom is -0.361 e. The van der Waals surface area contributed by atoms with E-state index in [1.165, 1.54) is 6.07 Å². The molecule has 2 atom stereocenters. The van der Waals surface area contributed by atoms with E-state index in [0.29, 0.717) is 10.8 Å². The van der Waals surface area contributed by atoms with Crippen LogP contribution in [0.25, 0.3) is 0 Å². The van der Waals surface area contributed by atoms with Crippen LogP contribution in [-0.4, -0.2) is 15.1 Å². The average molecular weight is 352 g/mol. The normalized spacial score (nSPS) is 19.9. The first kappa shape index (κ1) is 15.8. The summed E-state index contributed by atoms with van der Waals surface area (Å²) < 4.78 is 14.5. The molecular weight excluding hydrogens is 335 g/mol. The van der Waals surface area contributed by atoms with Crippen molar-refractivity contribution in [3.8, 4) is 0 Å². The summed E-state index contributed by atoms with van der Waals surface area (Å²) in [6, 6.07) is 16.1. The van der Waals surface area contributed by atoms with E-state index >= 15 is 0 Å². The van der Waals surface area contributed by atoms with Gasteiger partial charge >= 0.3 is 0 Å². The van der Waals surface area contributed by atoms with Gasteiger partial charge in [0.05, 0.1) is 17.4 Å². The van der Waals surface area contributed by atoms with E-state index in [9.17, 15) is 4.39 Å². The molecule has 0 aliphatic carbocycles. The molecule has 3 aromatic rings. The van der Waals surface area contributed by atoms with Crippen molar-refractivity contribution in [3.05, 3.63) is 83.7 Å². The fourth-order valence-corrected chi connectivity index (χ4v) is 3.61. The van der Waals surface area contributed by atoms with Gasteiger partial charge in [0, 0.05) is 17.6 Å². The molecule has 0 unspecified atom stereocenters. The van der Waals surface area contributed by atoms with Crippen LogP contribution >= 0.6 is 12.2 Å². The second-order valence-electron chi connectivity index (χ2n) is 6.04. The first-order chi connectivity index (χ1) is 12.1. The zero-order valence-corrected chi connectivity index (χ0v) is 14.4. The van der Waals surface area contributed by atoms with Crippen LogP contribution in [0.5, 0.6) is 0 Å². The summed E-state index contributed by atoms with van der Waals surface area (Å²) in [4.78, 5) is 9.67. The van der Waals surface area contributed by atoms with E-state index in [2.05, 4.69) is 15.3 Å². The molecule has 2 aromatic heterocycles. The second kappa shape index (κ2) is 6.29. The first-order valence-corrected chi connectivity index (χ1v) is 8.46.